The molecule has 0 radical (unpaired) electrons. The van der Waals surface area contributed by atoms with Crippen molar-refractivity contribution in [3.05, 3.63) is 59.7 Å². The van der Waals surface area contributed by atoms with Crippen LogP contribution in [0, 0.1) is 5.41 Å². The molecule has 2 fully saturated rings. The van der Waals surface area contributed by atoms with Gasteiger partial charge < -0.3 is 9.47 Å². The van der Waals surface area contributed by atoms with Crippen LogP contribution in [0.15, 0.2) is 48.5 Å². The van der Waals surface area contributed by atoms with E-state index in [2.05, 4.69) is 24.3 Å². The molecule has 1 spiro atoms. The molecule has 0 amide bonds. The zero-order chi connectivity index (χ0) is 18.4. The fourth-order valence-electron chi connectivity index (χ4n) is 5.21. The molecule has 0 unspecified atom stereocenters. The molecule has 2 saturated carbocycles. The largest absolute Gasteiger partial charge is 0.497 e. The Kier molecular flexibility index (Phi) is 4.40. The van der Waals surface area contributed by atoms with Gasteiger partial charge in [-0.2, -0.15) is 0 Å². The normalized spacial score (nSPS) is 22.0. The molecule has 0 bridgehead atoms. The molecule has 0 aliphatic heterocycles. The smallest absolute Gasteiger partial charge is 0.139 e. The number of halogens is 2. The van der Waals surface area contributed by atoms with Gasteiger partial charge in [0.1, 0.15) is 15.8 Å². The Bertz CT molecular complexity index is 727. The van der Waals surface area contributed by atoms with Gasteiger partial charge in [0.05, 0.1) is 19.6 Å². The minimum absolute atomic E-state index is 0.120. The van der Waals surface area contributed by atoms with E-state index in [1.54, 1.807) is 14.2 Å². The second kappa shape index (κ2) is 6.35. The van der Waals surface area contributed by atoms with Crippen LogP contribution in [0.3, 0.4) is 0 Å². The van der Waals surface area contributed by atoms with E-state index in [-0.39, 0.29) is 5.41 Å². The van der Waals surface area contributed by atoms with Gasteiger partial charge in [0, 0.05) is 5.41 Å². The van der Waals surface area contributed by atoms with E-state index < -0.39 is 9.75 Å². The molecule has 0 saturated heterocycles. The number of ether oxygens (including phenoxy) is 2. The number of hydrogen-bond acceptors (Lipinski definition) is 2. The molecule has 2 aromatic carbocycles. The zero-order valence-electron chi connectivity index (χ0n) is 15.2. The molecule has 138 valence electrons. The van der Waals surface area contributed by atoms with E-state index in [4.69, 9.17) is 32.7 Å². The summed E-state index contributed by atoms with van der Waals surface area (Å²) in [5.41, 5.74) is 1.80. The maximum absolute atomic E-state index is 7.12. The Morgan fingerprint density at radius 1 is 0.692 bits per heavy atom. The Morgan fingerprint density at radius 3 is 1.50 bits per heavy atom. The standard InChI is InChI=1S/C22H24Cl2O2/c1-25-18-10-6-16(7-11-18)21(17-8-12-19(26-2)13-9-17)20(22(21,23)24)14-4-3-5-15-20/h6-13H,3-5,14-15H2,1-2H3. The number of methoxy groups -OCH3 is 2. The highest BCUT2D eigenvalue weighted by atomic mass is 35.5. The summed E-state index contributed by atoms with van der Waals surface area (Å²) in [4.78, 5) is 0. The maximum atomic E-state index is 7.12. The van der Waals surface area contributed by atoms with Crippen LogP contribution in [0.5, 0.6) is 11.5 Å². The van der Waals surface area contributed by atoms with E-state index in [0.29, 0.717) is 0 Å². The predicted molar refractivity (Wildman–Crippen MR) is 107 cm³/mol. The first-order chi connectivity index (χ1) is 12.5. The quantitative estimate of drug-likeness (QED) is 0.584. The summed E-state index contributed by atoms with van der Waals surface area (Å²) in [6.45, 7) is 0. The fraction of sp³-hybridized carbons (Fsp3) is 0.455. The van der Waals surface area contributed by atoms with Crippen molar-refractivity contribution in [2.24, 2.45) is 5.41 Å². The molecule has 2 aromatic rings. The van der Waals surface area contributed by atoms with Gasteiger partial charge in [0.2, 0.25) is 0 Å². The van der Waals surface area contributed by atoms with Crippen LogP contribution in [0.2, 0.25) is 0 Å². The van der Waals surface area contributed by atoms with Gasteiger partial charge in [-0.05, 0) is 48.2 Å². The summed E-state index contributed by atoms with van der Waals surface area (Å²) in [5, 5.41) is 0. The van der Waals surface area contributed by atoms with Crippen LogP contribution >= 0.6 is 23.2 Å². The molecule has 2 aliphatic carbocycles. The summed E-state index contributed by atoms with van der Waals surface area (Å²) < 4.78 is 9.87. The Hall–Kier alpha value is -1.38. The predicted octanol–water partition coefficient (Wildman–Crippen LogP) is 6.13. The summed E-state index contributed by atoms with van der Waals surface area (Å²) in [6.07, 6.45) is 5.72. The first-order valence-corrected chi connectivity index (χ1v) is 9.96. The van der Waals surface area contributed by atoms with E-state index in [9.17, 15) is 0 Å². The highest BCUT2D eigenvalue weighted by molar-refractivity contribution is 6.53. The van der Waals surface area contributed by atoms with Crippen LogP contribution in [-0.4, -0.2) is 18.6 Å². The van der Waals surface area contributed by atoms with Crippen molar-refractivity contribution in [1.29, 1.82) is 0 Å². The van der Waals surface area contributed by atoms with Crippen LogP contribution in [0.4, 0.5) is 0 Å². The van der Waals surface area contributed by atoms with Crippen molar-refractivity contribution in [3.63, 3.8) is 0 Å². The average Bonchev–Trinajstić information content (AvgIpc) is 3.11. The van der Waals surface area contributed by atoms with E-state index in [1.165, 1.54) is 19.3 Å². The lowest BCUT2D eigenvalue weighted by molar-refractivity contribution is 0.301. The molecule has 4 heteroatoms. The fourth-order valence-corrected chi connectivity index (χ4v) is 6.58. The molecular formula is C22H24Cl2O2. The lowest BCUT2D eigenvalue weighted by Crippen LogP contribution is -2.23. The third kappa shape index (κ3) is 2.18. The van der Waals surface area contributed by atoms with Crippen LogP contribution in [0.1, 0.15) is 43.2 Å². The first-order valence-electron chi connectivity index (χ1n) is 9.20. The van der Waals surface area contributed by atoms with Crippen molar-refractivity contribution in [3.8, 4) is 11.5 Å². The van der Waals surface area contributed by atoms with Crippen molar-refractivity contribution < 1.29 is 9.47 Å². The van der Waals surface area contributed by atoms with Gasteiger partial charge in [0.15, 0.2) is 0 Å². The second-order valence-electron chi connectivity index (χ2n) is 7.42. The second-order valence-corrected chi connectivity index (χ2v) is 8.75. The molecule has 0 heterocycles. The molecule has 26 heavy (non-hydrogen) atoms. The summed E-state index contributed by atoms with van der Waals surface area (Å²) in [6, 6.07) is 16.5. The topological polar surface area (TPSA) is 18.5 Å². The van der Waals surface area contributed by atoms with Crippen LogP contribution in [0.25, 0.3) is 0 Å². The molecule has 0 N–H and O–H groups in total. The zero-order valence-corrected chi connectivity index (χ0v) is 16.7. The molecular weight excluding hydrogens is 367 g/mol. The molecule has 2 nitrogen and oxygen atoms in total. The van der Waals surface area contributed by atoms with Gasteiger partial charge in [-0.25, -0.2) is 0 Å². The highest BCUT2D eigenvalue weighted by Crippen LogP contribution is 2.84. The van der Waals surface area contributed by atoms with Gasteiger partial charge in [-0.15, -0.1) is 0 Å². The third-order valence-corrected chi connectivity index (χ3v) is 7.77. The van der Waals surface area contributed by atoms with Gasteiger partial charge in [-0.1, -0.05) is 66.7 Å². The lowest BCUT2D eigenvalue weighted by atomic mass is 9.73. The molecule has 2 aliphatic rings. The van der Waals surface area contributed by atoms with Gasteiger partial charge in [0.25, 0.3) is 0 Å². The summed E-state index contributed by atoms with van der Waals surface area (Å²) in [5.74, 6) is 1.68. The summed E-state index contributed by atoms with van der Waals surface area (Å²) >= 11 is 14.2. The Balaban J connectivity index is 1.89. The molecule has 0 aromatic heterocycles. The number of alkyl halides is 2. The van der Waals surface area contributed by atoms with Crippen molar-refractivity contribution >= 4 is 23.2 Å². The molecule has 0 atom stereocenters. The average molecular weight is 391 g/mol. The van der Waals surface area contributed by atoms with Crippen LogP contribution < -0.4 is 9.47 Å². The van der Waals surface area contributed by atoms with Crippen molar-refractivity contribution in [2.75, 3.05) is 14.2 Å². The summed E-state index contributed by atoms with van der Waals surface area (Å²) in [7, 11) is 3.36. The Morgan fingerprint density at radius 2 is 1.12 bits per heavy atom. The number of hydrogen-bond donors (Lipinski definition) is 0. The lowest BCUT2D eigenvalue weighted by Gasteiger charge is -2.29. The van der Waals surface area contributed by atoms with Crippen LogP contribution in [-0.2, 0) is 5.41 Å². The number of rotatable bonds is 4. The SMILES string of the molecule is COc1ccc(C2(c3ccc(OC)cc3)C(Cl)(Cl)C23CCCCC3)cc1. The van der Waals surface area contributed by atoms with E-state index in [0.717, 1.165) is 35.5 Å². The van der Waals surface area contributed by atoms with E-state index >= 15 is 0 Å². The third-order valence-electron chi connectivity index (χ3n) is 6.48. The maximum Gasteiger partial charge on any atom is 0.139 e. The number of benzene rings is 2. The highest BCUT2D eigenvalue weighted by Gasteiger charge is 2.86. The minimum atomic E-state index is -0.816. The Labute approximate surface area is 165 Å². The van der Waals surface area contributed by atoms with Crippen molar-refractivity contribution in [2.45, 2.75) is 41.9 Å². The first kappa shape index (κ1) is 18.0. The molecule has 4 rings (SSSR count). The van der Waals surface area contributed by atoms with Crippen molar-refractivity contribution in [1.82, 2.24) is 0 Å². The van der Waals surface area contributed by atoms with Gasteiger partial charge >= 0.3 is 0 Å². The van der Waals surface area contributed by atoms with Gasteiger partial charge in [-0.3, -0.25) is 0 Å². The monoisotopic (exact) mass is 390 g/mol. The van der Waals surface area contributed by atoms with E-state index in [1.807, 2.05) is 24.3 Å². The minimum Gasteiger partial charge on any atom is -0.497 e.